The third kappa shape index (κ3) is 2.87. The van der Waals surface area contributed by atoms with Crippen molar-refractivity contribution in [1.82, 2.24) is 5.48 Å². The molecule has 0 aliphatic carbocycles. The first-order valence-electron chi connectivity index (χ1n) is 4.45. The van der Waals surface area contributed by atoms with E-state index < -0.39 is 0 Å². The molecule has 0 unspecified atom stereocenters. The molecule has 0 amide bonds. The Labute approximate surface area is 88.9 Å². The number of rotatable bonds is 5. The molecule has 1 N–H and O–H groups in total. The van der Waals surface area contributed by atoms with Gasteiger partial charge in [0.2, 0.25) is 0 Å². The molecule has 14 heavy (non-hydrogen) atoms. The minimum absolute atomic E-state index is 0.538. The maximum absolute atomic E-state index is 6.01. The molecule has 3 nitrogen and oxygen atoms in total. The average Bonchev–Trinajstić information content (AvgIpc) is 2.20. The molecular formula is C10H14ClNO2. The molecule has 0 fully saturated rings. The number of nitrogens with one attached hydrogen (secondary N) is 1. The van der Waals surface area contributed by atoms with Crippen LogP contribution in [0.25, 0.3) is 0 Å². The summed E-state index contributed by atoms with van der Waals surface area (Å²) in [5, 5.41) is 0.677. The Balaban J connectivity index is 2.72. The van der Waals surface area contributed by atoms with Crippen molar-refractivity contribution in [3.05, 3.63) is 28.8 Å². The van der Waals surface area contributed by atoms with Gasteiger partial charge < -0.3 is 9.57 Å². The Morgan fingerprint density at radius 3 is 2.86 bits per heavy atom. The SMILES string of the molecule is CCONCc1c(Cl)cccc1OC. The molecule has 1 rings (SSSR count). The molecular weight excluding hydrogens is 202 g/mol. The molecule has 0 spiro atoms. The predicted octanol–water partition coefficient (Wildman–Crippen LogP) is 2.39. The largest absolute Gasteiger partial charge is 0.496 e. The molecule has 0 bridgehead atoms. The Hall–Kier alpha value is -0.770. The second kappa shape index (κ2) is 5.86. The molecule has 0 saturated carbocycles. The summed E-state index contributed by atoms with van der Waals surface area (Å²) in [5.41, 5.74) is 3.71. The molecule has 4 heteroatoms. The molecule has 0 aliphatic heterocycles. The van der Waals surface area contributed by atoms with Gasteiger partial charge in [-0.05, 0) is 19.1 Å². The van der Waals surface area contributed by atoms with Gasteiger partial charge in [-0.15, -0.1) is 0 Å². The van der Waals surface area contributed by atoms with Gasteiger partial charge in [-0.3, -0.25) is 0 Å². The number of hydrogen-bond donors (Lipinski definition) is 1. The highest BCUT2D eigenvalue weighted by Crippen LogP contribution is 2.25. The zero-order valence-corrected chi connectivity index (χ0v) is 9.10. The van der Waals surface area contributed by atoms with Crippen LogP contribution in [-0.2, 0) is 11.4 Å². The van der Waals surface area contributed by atoms with Crippen molar-refractivity contribution in [2.75, 3.05) is 13.7 Å². The van der Waals surface area contributed by atoms with Gasteiger partial charge in [0.25, 0.3) is 0 Å². The molecule has 0 saturated heterocycles. The van der Waals surface area contributed by atoms with Crippen LogP contribution in [0, 0.1) is 0 Å². The van der Waals surface area contributed by atoms with Crippen LogP contribution in [0.4, 0.5) is 0 Å². The fraction of sp³-hybridized carbons (Fsp3) is 0.400. The van der Waals surface area contributed by atoms with Crippen molar-refractivity contribution in [2.45, 2.75) is 13.5 Å². The van der Waals surface area contributed by atoms with Gasteiger partial charge in [0.1, 0.15) is 5.75 Å². The van der Waals surface area contributed by atoms with Crippen LogP contribution in [0.3, 0.4) is 0 Å². The first kappa shape index (κ1) is 11.3. The summed E-state index contributed by atoms with van der Waals surface area (Å²) in [6, 6.07) is 5.55. The van der Waals surface area contributed by atoms with E-state index in [0.717, 1.165) is 11.3 Å². The highest BCUT2D eigenvalue weighted by atomic mass is 35.5. The van der Waals surface area contributed by atoms with Crippen LogP contribution in [-0.4, -0.2) is 13.7 Å². The van der Waals surface area contributed by atoms with E-state index >= 15 is 0 Å². The number of benzene rings is 1. The first-order chi connectivity index (χ1) is 6.79. The number of ether oxygens (including phenoxy) is 1. The smallest absolute Gasteiger partial charge is 0.124 e. The summed E-state index contributed by atoms with van der Waals surface area (Å²) in [6.07, 6.45) is 0. The fourth-order valence-electron chi connectivity index (χ4n) is 1.13. The van der Waals surface area contributed by atoms with Crippen molar-refractivity contribution >= 4 is 11.6 Å². The maximum Gasteiger partial charge on any atom is 0.124 e. The van der Waals surface area contributed by atoms with E-state index in [0.29, 0.717) is 18.2 Å². The summed E-state index contributed by atoms with van der Waals surface area (Å²) in [4.78, 5) is 5.03. The second-order valence-corrected chi connectivity index (χ2v) is 3.08. The Morgan fingerprint density at radius 2 is 2.21 bits per heavy atom. The van der Waals surface area contributed by atoms with Crippen LogP contribution < -0.4 is 10.2 Å². The minimum atomic E-state index is 0.538. The van der Waals surface area contributed by atoms with Gasteiger partial charge in [0, 0.05) is 10.6 Å². The lowest BCUT2D eigenvalue weighted by molar-refractivity contribution is 0.0459. The van der Waals surface area contributed by atoms with E-state index in [9.17, 15) is 0 Å². The van der Waals surface area contributed by atoms with Crippen LogP contribution in [0.15, 0.2) is 18.2 Å². The molecule has 1 aromatic carbocycles. The lowest BCUT2D eigenvalue weighted by atomic mass is 10.2. The molecule has 1 aromatic rings. The minimum Gasteiger partial charge on any atom is -0.496 e. The van der Waals surface area contributed by atoms with Gasteiger partial charge in [0.15, 0.2) is 0 Å². The van der Waals surface area contributed by atoms with Crippen molar-refractivity contribution in [3.8, 4) is 5.75 Å². The third-order valence-corrected chi connectivity index (χ3v) is 2.15. The Morgan fingerprint density at radius 1 is 1.43 bits per heavy atom. The van der Waals surface area contributed by atoms with Crippen molar-refractivity contribution in [1.29, 1.82) is 0 Å². The van der Waals surface area contributed by atoms with Gasteiger partial charge >= 0.3 is 0 Å². The molecule has 0 atom stereocenters. The molecule has 0 aromatic heterocycles. The number of halogens is 1. The molecule has 0 aliphatic rings. The van der Waals surface area contributed by atoms with Crippen molar-refractivity contribution in [3.63, 3.8) is 0 Å². The van der Waals surface area contributed by atoms with Crippen LogP contribution in [0.5, 0.6) is 5.75 Å². The standard InChI is InChI=1S/C10H14ClNO2/c1-3-14-12-7-8-9(11)5-4-6-10(8)13-2/h4-6,12H,3,7H2,1-2H3. The highest BCUT2D eigenvalue weighted by molar-refractivity contribution is 6.31. The topological polar surface area (TPSA) is 30.5 Å². The summed E-state index contributed by atoms with van der Waals surface area (Å²) >= 11 is 6.01. The van der Waals surface area contributed by atoms with E-state index in [1.165, 1.54) is 0 Å². The third-order valence-electron chi connectivity index (χ3n) is 1.79. The van der Waals surface area contributed by atoms with E-state index in [1.54, 1.807) is 7.11 Å². The molecule has 78 valence electrons. The summed E-state index contributed by atoms with van der Waals surface area (Å²) in [5.74, 6) is 0.768. The summed E-state index contributed by atoms with van der Waals surface area (Å²) in [6.45, 7) is 3.07. The normalized spacial score (nSPS) is 10.2. The molecule has 0 heterocycles. The van der Waals surface area contributed by atoms with Crippen LogP contribution in [0.1, 0.15) is 12.5 Å². The molecule has 0 radical (unpaired) electrons. The van der Waals surface area contributed by atoms with Gasteiger partial charge in [-0.25, -0.2) is 0 Å². The number of hydrogen-bond acceptors (Lipinski definition) is 3. The van der Waals surface area contributed by atoms with Crippen LogP contribution in [0.2, 0.25) is 5.02 Å². The lowest BCUT2D eigenvalue weighted by Gasteiger charge is -2.10. The Bertz CT molecular complexity index is 291. The van der Waals surface area contributed by atoms with Crippen molar-refractivity contribution < 1.29 is 9.57 Å². The second-order valence-electron chi connectivity index (χ2n) is 2.67. The highest BCUT2D eigenvalue weighted by Gasteiger charge is 2.06. The zero-order valence-electron chi connectivity index (χ0n) is 8.34. The van der Waals surface area contributed by atoms with E-state index in [1.807, 2.05) is 25.1 Å². The van der Waals surface area contributed by atoms with Gasteiger partial charge in [0.05, 0.1) is 20.3 Å². The monoisotopic (exact) mass is 215 g/mol. The van der Waals surface area contributed by atoms with Gasteiger partial charge in [-0.2, -0.15) is 5.48 Å². The quantitative estimate of drug-likeness (QED) is 0.605. The predicted molar refractivity (Wildman–Crippen MR) is 56.5 cm³/mol. The number of hydroxylamine groups is 1. The lowest BCUT2D eigenvalue weighted by Crippen LogP contribution is -2.14. The fourth-order valence-corrected chi connectivity index (χ4v) is 1.36. The van der Waals surface area contributed by atoms with Crippen molar-refractivity contribution in [2.24, 2.45) is 0 Å². The number of methoxy groups -OCH3 is 1. The van der Waals surface area contributed by atoms with E-state index in [-0.39, 0.29) is 0 Å². The maximum atomic E-state index is 6.01. The van der Waals surface area contributed by atoms with E-state index in [4.69, 9.17) is 21.2 Å². The summed E-state index contributed by atoms with van der Waals surface area (Å²) in [7, 11) is 1.62. The Kier molecular flexibility index (Phi) is 4.73. The van der Waals surface area contributed by atoms with Crippen LogP contribution >= 0.6 is 11.6 Å². The van der Waals surface area contributed by atoms with Gasteiger partial charge in [-0.1, -0.05) is 17.7 Å². The zero-order chi connectivity index (χ0) is 10.4. The van der Waals surface area contributed by atoms with E-state index in [2.05, 4.69) is 5.48 Å². The first-order valence-corrected chi connectivity index (χ1v) is 4.83. The average molecular weight is 216 g/mol. The summed E-state index contributed by atoms with van der Waals surface area (Å²) < 4.78 is 5.18.